The van der Waals surface area contributed by atoms with Gasteiger partial charge in [-0.25, -0.2) is 0 Å². The Labute approximate surface area is 104 Å². The Kier molecular flexibility index (Phi) is 6.52. The Morgan fingerprint density at radius 3 is 2.88 bits per heavy atom. The number of piperidine rings is 1. The van der Waals surface area contributed by atoms with Crippen molar-refractivity contribution in [2.45, 2.75) is 45.6 Å². The van der Waals surface area contributed by atoms with Crippen molar-refractivity contribution in [3.63, 3.8) is 0 Å². The zero-order chi connectivity index (χ0) is 12.7. The molecule has 17 heavy (non-hydrogen) atoms. The third kappa shape index (κ3) is 5.04. The summed E-state index contributed by atoms with van der Waals surface area (Å²) in [6.45, 7) is 7.81. The highest BCUT2D eigenvalue weighted by Crippen LogP contribution is 2.19. The van der Waals surface area contributed by atoms with Crippen LogP contribution in [0, 0.1) is 5.92 Å². The zero-order valence-electron chi connectivity index (χ0n) is 11.1. The zero-order valence-corrected chi connectivity index (χ0v) is 11.1. The van der Waals surface area contributed by atoms with Crippen LogP contribution in [0.5, 0.6) is 0 Å². The van der Waals surface area contributed by atoms with E-state index >= 15 is 0 Å². The molecule has 2 unspecified atom stereocenters. The summed E-state index contributed by atoms with van der Waals surface area (Å²) in [5.41, 5.74) is 0. The number of aliphatic carboxylic acids is 1. The molecule has 2 N–H and O–H groups in total. The molecular formula is C13H26N2O2. The van der Waals surface area contributed by atoms with Gasteiger partial charge in [-0.05, 0) is 38.3 Å². The lowest BCUT2D eigenvalue weighted by Gasteiger charge is -2.33. The first kappa shape index (κ1) is 14.5. The molecule has 0 amide bonds. The Hall–Kier alpha value is -0.610. The first-order valence-electron chi connectivity index (χ1n) is 6.85. The van der Waals surface area contributed by atoms with Gasteiger partial charge in [-0.3, -0.25) is 4.79 Å². The number of hydrogen-bond donors (Lipinski definition) is 2. The summed E-state index contributed by atoms with van der Waals surface area (Å²) in [6, 6.07) is -0.412. The lowest BCUT2D eigenvalue weighted by atomic mass is 9.95. The minimum absolute atomic E-state index is 0.412. The fourth-order valence-electron chi connectivity index (χ4n) is 2.46. The molecule has 0 aromatic carbocycles. The van der Waals surface area contributed by atoms with Crippen LogP contribution in [0.2, 0.25) is 0 Å². The second kappa shape index (κ2) is 7.67. The second-order valence-corrected chi connectivity index (χ2v) is 5.02. The van der Waals surface area contributed by atoms with Crippen molar-refractivity contribution in [1.82, 2.24) is 10.2 Å². The smallest absolute Gasteiger partial charge is 0.322 e. The van der Waals surface area contributed by atoms with Crippen molar-refractivity contribution < 1.29 is 9.90 Å². The van der Waals surface area contributed by atoms with Gasteiger partial charge in [-0.1, -0.05) is 20.3 Å². The summed E-state index contributed by atoms with van der Waals surface area (Å²) in [5, 5.41) is 12.3. The van der Waals surface area contributed by atoms with E-state index in [0.717, 1.165) is 32.0 Å². The Bertz CT molecular complexity index is 233. The molecule has 4 heteroatoms. The van der Waals surface area contributed by atoms with Crippen LogP contribution in [0.3, 0.4) is 0 Å². The maximum absolute atomic E-state index is 11.1. The number of carboxylic acids is 1. The highest BCUT2D eigenvalue weighted by atomic mass is 16.4. The summed E-state index contributed by atoms with van der Waals surface area (Å²) in [5.74, 6) is 0.0291. The van der Waals surface area contributed by atoms with E-state index in [4.69, 9.17) is 5.11 Å². The molecule has 0 aromatic heterocycles. The van der Waals surface area contributed by atoms with Crippen LogP contribution in [-0.2, 0) is 4.79 Å². The van der Waals surface area contributed by atoms with Crippen LogP contribution in [0.4, 0.5) is 0 Å². The molecule has 0 aromatic rings. The topological polar surface area (TPSA) is 52.6 Å². The Balaban J connectivity index is 2.40. The normalized spacial score (nSPS) is 23.5. The maximum atomic E-state index is 11.1. The highest BCUT2D eigenvalue weighted by molar-refractivity contribution is 5.73. The molecule has 1 saturated heterocycles. The van der Waals surface area contributed by atoms with Gasteiger partial charge in [0.2, 0.25) is 0 Å². The van der Waals surface area contributed by atoms with Crippen molar-refractivity contribution >= 4 is 5.97 Å². The number of rotatable bonds is 7. The summed E-state index contributed by atoms with van der Waals surface area (Å²) in [6.07, 6.45) is 4.68. The van der Waals surface area contributed by atoms with Gasteiger partial charge < -0.3 is 15.3 Å². The second-order valence-electron chi connectivity index (χ2n) is 5.02. The van der Waals surface area contributed by atoms with Crippen LogP contribution in [0.15, 0.2) is 0 Å². The molecule has 100 valence electrons. The minimum atomic E-state index is -0.725. The van der Waals surface area contributed by atoms with E-state index in [0.29, 0.717) is 6.54 Å². The summed E-state index contributed by atoms with van der Waals surface area (Å²) in [7, 11) is 0. The van der Waals surface area contributed by atoms with E-state index in [9.17, 15) is 4.79 Å². The van der Waals surface area contributed by atoms with E-state index in [-0.39, 0.29) is 0 Å². The number of likely N-dealkylation sites (tertiary alicyclic amines) is 1. The average molecular weight is 242 g/mol. The summed E-state index contributed by atoms with van der Waals surface area (Å²) >= 11 is 0. The third-order valence-electron chi connectivity index (χ3n) is 3.56. The molecule has 1 aliphatic rings. The maximum Gasteiger partial charge on any atom is 0.322 e. The molecule has 0 saturated carbocycles. The molecule has 0 aliphatic carbocycles. The quantitative estimate of drug-likeness (QED) is 0.711. The van der Waals surface area contributed by atoms with Crippen molar-refractivity contribution in [2.24, 2.45) is 5.92 Å². The van der Waals surface area contributed by atoms with Gasteiger partial charge in [-0.15, -0.1) is 0 Å². The number of hydrogen-bond acceptors (Lipinski definition) is 3. The van der Waals surface area contributed by atoms with Gasteiger partial charge in [-0.2, -0.15) is 0 Å². The van der Waals surface area contributed by atoms with Gasteiger partial charge >= 0.3 is 5.97 Å². The molecule has 0 radical (unpaired) electrons. The van der Waals surface area contributed by atoms with Crippen LogP contribution < -0.4 is 5.32 Å². The number of nitrogens with one attached hydrogen (secondary N) is 1. The van der Waals surface area contributed by atoms with E-state index < -0.39 is 12.0 Å². The average Bonchev–Trinajstić information content (AvgIpc) is 2.34. The van der Waals surface area contributed by atoms with Crippen LogP contribution in [0.1, 0.15) is 39.5 Å². The molecule has 0 spiro atoms. The Morgan fingerprint density at radius 2 is 2.29 bits per heavy atom. The van der Waals surface area contributed by atoms with Crippen molar-refractivity contribution in [3.8, 4) is 0 Å². The fourth-order valence-corrected chi connectivity index (χ4v) is 2.46. The van der Waals surface area contributed by atoms with Crippen LogP contribution >= 0.6 is 0 Å². The molecule has 1 fully saturated rings. The van der Waals surface area contributed by atoms with Crippen molar-refractivity contribution in [1.29, 1.82) is 0 Å². The number of nitrogens with zero attached hydrogens (tertiary/aromatic N) is 1. The lowest BCUT2D eigenvalue weighted by molar-refractivity contribution is -0.140. The minimum Gasteiger partial charge on any atom is -0.480 e. The van der Waals surface area contributed by atoms with E-state index in [2.05, 4.69) is 24.1 Å². The van der Waals surface area contributed by atoms with Crippen LogP contribution in [0.25, 0.3) is 0 Å². The molecule has 2 atom stereocenters. The summed E-state index contributed by atoms with van der Waals surface area (Å²) in [4.78, 5) is 13.4. The third-order valence-corrected chi connectivity index (χ3v) is 3.56. The standard InChI is InChI=1S/C13H26N2O2/c1-3-7-14-12(13(16)17)10-15-8-5-6-11(4-2)9-15/h11-12,14H,3-10H2,1-2H3,(H,16,17). The molecule has 0 bridgehead atoms. The Morgan fingerprint density at radius 1 is 1.53 bits per heavy atom. The molecule has 1 heterocycles. The van der Waals surface area contributed by atoms with Gasteiger partial charge in [0, 0.05) is 13.1 Å². The van der Waals surface area contributed by atoms with E-state index in [1.165, 1.54) is 19.3 Å². The van der Waals surface area contributed by atoms with E-state index in [1.807, 2.05) is 0 Å². The van der Waals surface area contributed by atoms with Crippen LogP contribution in [-0.4, -0.2) is 48.2 Å². The first-order valence-corrected chi connectivity index (χ1v) is 6.85. The number of carboxylic acid groups (broad SMARTS) is 1. The van der Waals surface area contributed by atoms with Gasteiger partial charge in [0.15, 0.2) is 0 Å². The summed E-state index contributed by atoms with van der Waals surface area (Å²) < 4.78 is 0. The van der Waals surface area contributed by atoms with Gasteiger partial charge in [0.25, 0.3) is 0 Å². The molecule has 1 aliphatic heterocycles. The lowest BCUT2D eigenvalue weighted by Crippen LogP contribution is -2.49. The molecular weight excluding hydrogens is 216 g/mol. The van der Waals surface area contributed by atoms with Gasteiger partial charge in [0.1, 0.15) is 6.04 Å². The molecule has 4 nitrogen and oxygen atoms in total. The predicted octanol–water partition coefficient (Wildman–Crippen LogP) is 1.56. The monoisotopic (exact) mass is 242 g/mol. The first-order chi connectivity index (χ1) is 8.17. The van der Waals surface area contributed by atoms with Crippen molar-refractivity contribution in [2.75, 3.05) is 26.2 Å². The SMILES string of the molecule is CCCNC(CN1CCCC(CC)C1)C(=O)O. The predicted molar refractivity (Wildman–Crippen MR) is 69.2 cm³/mol. The number of carbonyl (C=O) groups is 1. The van der Waals surface area contributed by atoms with Crippen molar-refractivity contribution in [3.05, 3.63) is 0 Å². The van der Waals surface area contributed by atoms with Gasteiger partial charge in [0.05, 0.1) is 0 Å². The molecule has 1 rings (SSSR count). The highest BCUT2D eigenvalue weighted by Gasteiger charge is 2.24. The van der Waals surface area contributed by atoms with E-state index in [1.54, 1.807) is 0 Å². The fraction of sp³-hybridized carbons (Fsp3) is 0.923. The largest absolute Gasteiger partial charge is 0.480 e.